The number of carbonyl (C=O) groups is 2. The van der Waals surface area contributed by atoms with Gasteiger partial charge in [-0.2, -0.15) is 0 Å². The van der Waals surface area contributed by atoms with Crippen LogP contribution in [0.3, 0.4) is 0 Å². The minimum Gasteiger partial charge on any atom is -0.465 e. The molecule has 1 aliphatic rings. The molecule has 0 radical (unpaired) electrons. The molecular formula is C22H22N2O3S. The average molecular weight is 394 g/mol. The minimum atomic E-state index is -0.107. The third-order valence-corrected chi connectivity index (χ3v) is 6.13. The second kappa shape index (κ2) is 7.64. The van der Waals surface area contributed by atoms with Gasteiger partial charge in [-0.15, -0.1) is 11.3 Å². The first-order valence-corrected chi connectivity index (χ1v) is 10.1. The second-order valence-corrected chi connectivity index (χ2v) is 8.23. The zero-order valence-electron chi connectivity index (χ0n) is 16.0. The van der Waals surface area contributed by atoms with Crippen LogP contribution < -0.4 is 5.32 Å². The third kappa shape index (κ3) is 3.87. The maximum Gasteiger partial charge on any atom is 0.261 e. The van der Waals surface area contributed by atoms with Crippen molar-refractivity contribution in [1.29, 1.82) is 0 Å². The molecule has 6 heteroatoms. The molecule has 0 aliphatic carbocycles. The molecule has 2 aromatic heterocycles. The first kappa shape index (κ1) is 18.5. The molecule has 0 spiro atoms. The lowest BCUT2D eigenvalue weighted by atomic mass is 10.1. The fraction of sp³-hybridized carbons (Fsp3) is 0.273. The zero-order valence-corrected chi connectivity index (χ0v) is 16.8. The summed E-state index contributed by atoms with van der Waals surface area (Å²) in [6, 6.07) is 13.3. The Morgan fingerprint density at radius 3 is 2.64 bits per heavy atom. The standard InChI is InChI=1S/C22H22N2O3S/c1-14-3-6-16(7-4-14)22(26)24-10-9-19-17(13-24)11-20(28-19)21(25)23-12-18-8-5-15(2)27-18/h3-8,11H,9-10,12-13H2,1-2H3,(H,23,25). The fourth-order valence-corrected chi connectivity index (χ4v) is 4.41. The van der Waals surface area contributed by atoms with Crippen molar-refractivity contribution in [3.63, 3.8) is 0 Å². The number of hydrogen-bond acceptors (Lipinski definition) is 4. The van der Waals surface area contributed by atoms with Gasteiger partial charge in [-0.25, -0.2) is 0 Å². The number of rotatable bonds is 4. The average Bonchev–Trinajstić information content (AvgIpc) is 3.31. The molecule has 3 heterocycles. The van der Waals surface area contributed by atoms with Gasteiger partial charge in [0.2, 0.25) is 0 Å². The highest BCUT2D eigenvalue weighted by atomic mass is 32.1. The van der Waals surface area contributed by atoms with Crippen LogP contribution in [0.5, 0.6) is 0 Å². The normalized spacial score (nSPS) is 13.3. The van der Waals surface area contributed by atoms with Crippen molar-refractivity contribution >= 4 is 23.2 Å². The zero-order chi connectivity index (χ0) is 19.7. The van der Waals surface area contributed by atoms with Crippen LogP contribution in [0.25, 0.3) is 0 Å². The van der Waals surface area contributed by atoms with Gasteiger partial charge < -0.3 is 14.6 Å². The molecule has 3 aromatic rings. The summed E-state index contributed by atoms with van der Waals surface area (Å²) < 4.78 is 5.49. The van der Waals surface area contributed by atoms with E-state index >= 15 is 0 Å². The topological polar surface area (TPSA) is 62.6 Å². The predicted octanol–water partition coefficient (Wildman–Crippen LogP) is 4.09. The summed E-state index contributed by atoms with van der Waals surface area (Å²) in [5.74, 6) is 1.50. The first-order valence-electron chi connectivity index (χ1n) is 9.30. The van der Waals surface area contributed by atoms with E-state index in [1.165, 1.54) is 16.2 Å². The van der Waals surface area contributed by atoms with E-state index in [1.807, 2.05) is 61.2 Å². The number of furan rings is 1. The maximum atomic E-state index is 12.8. The van der Waals surface area contributed by atoms with Crippen LogP contribution in [0, 0.1) is 13.8 Å². The summed E-state index contributed by atoms with van der Waals surface area (Å²) >= 11 is 1.51. The van der Waals surface area contributed by atoms with Crippen LogP contribution in [-0.2, 0) is 19.5 Å². The van der Waals surface area contributed by atoms with Crippen LogP contribution in [0.2, 0.25) is 0 Å². The largest absolute Gasteiger partial charge is 0.465 e. The Morgan fingerprint density at radius 2 is 1.93 bits per heavy atom. The molecule has 5 nitrogen and oxygen atoms in total. The summed E-state index contributed by atoms with van der Waals surface area (Å²) in [5.41, 5.74) is 2.90. The highest BCUT2D eigenvalue weighted by Crippen LogP contribution is 2.29. The molecule has 4 rings (SSSR count). The minimum absolute atomic E-state index is 0.0380. The van der Waals surface area contributed by atoms with Gasteiger partial charge >= 0.3 is 0 Å². The number of benzene rings is 1. The van der Waals surface area contributed by atoms with Gasteiger partial charge in [0.15, 0.2) is 0 Å². The number of fused-ring (bicyclic) bond motifs is 1. The van der Waals surface area contributed by atoms with E-state index in [1.54, 1.807) is 0 Å². The van der Waals surface area contributed by atoms with Crippen molar-refractivity contribution in [2.24, 2.45) is 0 Å². The van der Waals surface area contributed by atoms with Crippen molar-refractivity contribution in [2.45, 2.75) is 33.4 Å². The molecule has 0 atom stereocenters. The second-order valence-electron chi connectivity index (χ2n) is 7.10. The van der Waals surface area contributed by atoms with Gasteiger partial charge in [-0.3, -0.25) is 9.59 Å². The number of nitrogens with one attached hydrogen (secondary N) is 1. The lowest BCUT2D eigenvalue weighted by molar-refractivity contribution is 0.0736. The number of carbonyl (C=O) groups excluding carboxylic acids is 2. The lowest BCUT2D eigenvalue weighted by Crippen LogP contribution is -2.35. The van der Waals surface area contributed by atoms with Gasteiger partial charge in [0, 0.05) is 23.5 Å². The van der Waals surface area contributed by atoms with Gasteiger partial charge in [-0.1, -0.05) is 17.7 Å². The number of aryl methyl sites for hydroxylation is 2. The molecule has 0 saturated carbocycles. The molecule has 0 unspecified atom stereocenters. The fourth-order valence-electron chi connectivity index (χ4n) is 3.33. The quantitative estimate of drug-likeness (QED) is 0.725. The summed E-state index contributed by atoms with van der Waals surface area (Å²) in [4.78, 5) is 29.0. The van der Waals surface area contributed by atoms with Crippen molar-refractivity contribution < 1.29 is 14.0 Å². The van der Waals surface area contributed by atoms with E-state index in [-0.39, 0.29) is 11.8 Å². The van der Waals surface area contributed by atoms with Gasteiger partial charge in [0.25, 0.3) is 11.8 Å². The van der Waals surface area contributed by atoms with Crippen LogP contribution in [-0.4, -0.2) is 23.3 Å². The van der Waals surface area contributed by atoms with E-state index in [4.69, 9.17) is 4.42 Å². The van der Waals surface area contributed by atoms with Gasteiger partial charge in [0.05, 0.1) is 11.4 Å². The molecule has 144 valence electrons. The van der Waals surface area contributed by atoms with Crippen molar-refractivity contribution in [2.75, 3.05) is 6.54 Å². The number of thiophene rings is 1. The highest BCUT2D eigenvalue weighted by Gasteiger charge is 2.25. The van der Waals surface area contributed by atoms with Crippen LogP contribution in [0.1, 0.15) is 47.6 Å². The van der Waals surface area contributed by atoms with E-state index in [0.717, 1.165) is 29.1 Å². The summed E-state index contributed by atoms with van der Waals surface area (Å²) in [7, 11) is 0. The van der Waals surface area contributed by atoms with Crippen LogP contribution >= 0.6 is 11.3 Å². The van der Waals surface area contributed by atoms with E-state index in [9.17, 15) is 9.59 Å². The van der Waals surface area contributed by atoms with E-state index in [2.05, 4.69) is 5.32 Å². The summed E-state index contributed by atoms with van der Waals surface area (Å²) in [5, 5.41) is 2.90. The first-order chi connectivity index (χ1) is 13.5. The molecule has 1 N–H and O–H groups in total. The Labute approximate surface area is 168 Å². The monoisotopic (exact) mass is 394 g/mol. The molecule has 0 bridgehead atoms. The van der Waals surface area contributed by atoms with Gasteiger partial charge in [0.1, 0.15) is 11.5 Å². The molecule has 0 fully saturated rings. The number of hydrogen-bond donors (Lipinski definition) is 1. The van der Waals surface area contributed by atoms with Crippen molar-refractivity contribution in [3.05, 3.63) is 80.4 Å². The van der Waals surface area contributed by atoms with Crippen LogP contribution in [0.4, 0.5) is 0 Å². The smallest absolute Gasteiger partial charge is 0.261 e. The summed E-state index contributed by atoms with van der Waals surface area (Å²) in [6.07, 6.45) is 0.780. The third-order valence-electron chi connectivity index (χ3n) is 4.90. The lowest BCUT2D eigenvalue weighted by Gasteiger charge is -2.27. The Morgan fingerprint density at radius 1 is 1.14 bits per heavy atom. The Balaban J connectivity index is 1.42. The maximum absolute atomic E-state index is 12.8. The SMILES string of the molecule is Cc1ccc(C(=O)N2CCc3sc(C(=O)NCc4ccc(C)o4)cc3C2)cc1. The van der Waals surface area contributed by atoms with Crippen LogP contribution in [0.15, 0.2) is 46.9 Å². The molecule has 0 saturated heterocycles. The summed E-state index contributed by atoms with van der Waals surface area (Å²) in [6.45, 7) is 5.47. The predicted molar refractivity (Wildman–Crippen MR) is 109 cm³/mol. The molecule has 1 aliphatic heterocycles. The molecule has 28 heavy (non-hydrogen) atoms. The van der Waals surface area contributed by atoms with E-state index in [0.29, 0.717) is 30.1 Å². The van der Waals surface area contributed by atoms with Crippen molar-refractivity contribution in [3.8, 4) is 0 Å². The molecule has 1 aromatic carbocycles. The Hall–Kier alpha value is -2.86. The van der Waals surface area contributed by atoms with Gasteiger partial charge in [-0.05, 0) is 56.2 Å². The Bertz CT molecular complexity index is 1020. The van der Waals surface area contributed by atoms with E-state index < -0.39 is 0 Å². The molecule has 2 amide bonds. The van der Waals surface area contributed by atoms with Crippen molar-refractivity contribution in [1.82, 2.24) is 10.2 Å². The number of amides is 2. The molecular weight excluding hydrogens is 372 g/mol. The highest BCUT2D eigenvalue weighted by molar-refractivity contribution is 7.14. The Kier molecular flexibility index (Phi) is 5.05. The number of nitrogens with zero attached hydrogens (tertiary/aromatic N) is 1.